The summed E-state index contributed by atoms with van der Waals surface area (Å²) >= 11 is 0. The number of carbonyl (C=O) groups is 1. The Kier molecular flexibility index (Phi) is 5.12. The fourth-order valence-electron chi connectivity index (χ4n) is 4.74. The Morgan fingerprint density at radius 2 is 1.97 bits per heavy atom. The highest BCUT2D eigenvalue weighted by Gasteiger charge is 2.39. The van der Waals surface area contributed by atoms with Crippen molar-refractivity contribution >= 4 is 29.4 Å². The number of aromatic nitrogens is 2. The number of furan rings is 1. The second-order valence-corrected chi connectivity index (χ2v) is 7.92. The molecule has 2 atom stereocenters. The molecule has 2 saturated heterocycles. The zero-order valence-corrected chi connectivity index (χ0v) is 17.6. The highest BCUT2D eigenvalue weighted by atomic mass is 35.5. The Morgan fingerprint density at radius 1 is 1.17 bits per heavy atom. The third-order valence-electron chi connectivity index (χ3n) is 6.05. The molecule has 0 radical (unpaired) electrons. The first-order valence-corrected chi connectivity index (χ1v) is 9.90. The first-order valence-electron chi connectivity index (χ1n) is 9.90. The zero-order valence-electron chi connectivity index (χ0n) is 16.8. The zero-order chi connectivity index (χ0) is 19.4. The van der Waals surface area contributed by atoms with Crippen LogP contribution in [0.2, 0.25) is 0 Å². The van der Waals surface area contributed by atoms with Crippen molar-refractivity contribution < 1.29 is 13.7 Å². The van der Waals surface area contributed by atoms with Crippen LogP contribution in [0.3, 0.4) is 0 Å². The maximum absolute atomic E-state index is 13.7. The van der Waals surface area contributed by atoms with Crippen molar-refractivity contribution in [1.82, 2.24) is 20.4 Å². The van der Waals surface area contributed by atoms with Gasteiger partial charge >= 0.3 is 0 Å². The van der Waals surface area contributed by atoms with Crippen LogP contribution in [0.5, 0.6) is 0 Å². The van der Waals surface area contributed by atoms with Crippen molar-refractivity contribution in [2.24, 2.45) is 0 Å². The van der Waals surface area contributed by atoms with Gasteiger partial charge in [0.25, 0.3) is 11.6 Å². The molecule has 154 valence electrons. The van der Waals surface area contributed by atoms with Crippen molar-refractivity contribution in [1.29, 1.82) is 0 Å². The lowest BCUT2D eigenvalue weighted by atomic mass is 10.0. The molecule has 29 heavy (non-hydrogen) atoms. The second kappa shape index (κ2) is 7.46. The number of pyridine rings is 1. The minimum Gasteiger partial charge on any atom is -0.466 e. The van der Waals surface area contributed by atoms with Gasteiger partial charge in [-0.05, 0) is 58.7 Å². The van der Waals surface area contributed by atoms with E-state index in [9.17, 15) is 4.79 Å². The van der Waals surface area contributed by atoms with Crippen LogP contribution in [0.15, 0.2) is 21.1 Å². The third-order valence-corrected chi connectivity index (χ3v) is 6.05. The average molecular weight is 417 g/mol. The Balaban J connectivity index is 0.00000205. The van der Waals surface area contributed by atoms with Gasteiger partial charge in [-0.3, -0.25) is 4.79 Å². The number of carbonyl (C=O) groups excluding carboxylic acids is 1. The molecular formula is C21H25ClN4O3. The van der Waals surface area contributed by atoms with Gasteiger partial charge in [0, 0.05) is 24.2 Å². The summed E-state index contributed by atoms with van der Waals surface area (Å²) in [6.07, 6.45) is 3.11. The SMILES string of the molecule is Cc1cc(-c2cc(C(=O)N3C4CCNCC3CC4)c3c(C)noc3n2)c(C)o1.Cl. The molecule has 2 fully saturated rings. The molecule has 2 aliphatic heterocycles. The van der Waals surface area contributed by atoms with Gasteiger partial charge in [-0.15, -0.1) is 12.4 Å². The monoisotopic (exact) mass is 416 g/mol. The highest BCUT2D eigenvalue weighted by molar-refractivity contribution is 6.07. The fraction of sp³-hybridized carbons (Fsp3) is 0.476. The number of hydrogen-bond donors (Lipinski definition) is 1. The van der Waals surface area contributed by atoms with Crippen molar-refractivity contribution in [2.75, 3.05) is 13.1 Å². The van der Waals surface area contributed by atoms with Crippen LogP contribution in [0.25, 0.3) is 22.4 Å². The second-order valence-electron chi connectivity index (χ2n) is 7.92. The molecule has 0 spiro atoms. The largest absolute Gasteiger partial charge is 0.466 e. The highest BCUT2D eigenvalue weighted by Crippen LogP contribution is 2.34. The number of rotatable bonds is 2. The van der Waals surface area contributed by atoms with Crippen LogP contribution in [-0.4, -0.2) is 46.1 Å². The molecular weight excluding hydrogens is 392 g/mol. The van der Waals surface area contributed by atoms with Crippen LogP contribution in [-0.2, 0) is 0 Å². The van der Waals surface area contributed by atoms with E-state index in [0.717, 1.165) is 49.4 Å². The van der Waals surface area contributed by atoms with E-state index in [-0.39, 0.29) is 30.4 Å². The molecule has 1 amide bonds. The molecule has 0 aromatic carbocycles. The van der Waals surface area contributed by atoms with Gasteiger partial charge in [0.2, 0.25) is 0 Å². The molecule has 2 unspecified atom stereocenters. The average Bonchev–Trinajstić information content (AvgIpc) is 3.28. The molecule has 2 bridgehead atoms. The topological polar surface area (TPSA) is 84.4 Å². The third kappa shape index (κ3) is 3.22. The summed E-state index contributed by atoms with van der Waals surface area (Å²) < 4.78 is 11.1. The summed E-state index contributed by atoms with van der Waals surface area (Å²) in [7, 11) is 0. The summed E-state index contributed by atoms with van der Waals surface area (Å²) in [6, 6.07) is 4.35. The number of nitrogens with one attached hydrogen (secondary N) is 1. The van der Waals surface area contributed by atoms with Crippen LogP contribution < -0.4 is 5.32 Å². The van der Waals surface area contributed by atoms with Gasteiger partial charge in [0.1, 0.15) is 11.5 Å². The predicted molar refractivity (Wildman–Crippen MR) is 111 cm³/mol. The summed E-state index contributed by atoms with van der Waals surface area (Å²) in [5.74, 6) is 1.64. The number of amides is 1. The molecule has 8 heteroatoms. The fourth-order valence-corrected chi connectivity index (χ4v) is 4.74. The van der Waals surface area contributed by atoms with E-state index < -0.39 is 0 Å². The van der Waals surface area contributed by atoms with Crippen LogP contribution in [0, 0.1) is 20.8 Å². The molecule has 7 nitrogen and oxygen atoms in total. The minimum absolute atomic E-state index is 0. The summed E-state index contributed by atoms with van der Waals surface area (Å²) in [5.41, 5.74) is 3.27. The maximum atomic E-state index is 13.7. The van der Waals surface area contributed by atoms with E-state index in [1.807, 2.05) is 32.9 Å². The number of hydrogen-bond acceptors (Lipinski definition) is 6. The van der Waals surface area contributed by atoms with E-state index in [4.69, 9.17) is 8.94 Å². The van der Waals surface area contributed by atoms with Gasteiger partial charge in [0.05, 0.1) is 22.3 Å². The van der Waals surface area contributed by atoms with Crippen LogP contribution in [0.1, 0.15) is 46.8 Å². The summed E-state index contributed by atoms with van der Waals surface area (Å²) in [5, 5.41) is 8.24. The summed E-state index contributed by atoms with van der Waals surface area (Å²) in [4.78, 5) is 20.4. The van der Waals surface area contributed by atoms with Crippen molar-refractivity contribution in [2.45, 2.75) is 52.1 Å². The number of aryl methyl sites for hydroxylation is 3. The molecule has 2 aliphatic rings. The van der Waals surface area contributed by atoms with Crippen LogP contribution in [0.4, 0.5) is 0 Å². The van der Waals surface area contributed by atoms with Crippen molar-refractivity contribution in [3.63, 3.8) is 0 Å². The van der Waals surface area contributed by atoms with E-state index in [0.29, 0.717) is 28.1 Å². The Morgan fingerprint density at radius 3 is 2.72 bits per heavy atom. The Labute approximate surface area is 175 Å². The molecule has 1 N–H and O–H groups in total. The predicted octanol–water partition coefficient (Wildman–Crippen LogP) is 3.80. The van der Waals surface area contributed by atoms with Crippen molar-refractivity contribution in [3.8, 4) is 11.3 Å². The molecule has 0 saturated carbocycles. The standard InChI is InChI=1S/C21H24N4O3.ClH/c1-11-8-16(13(3)27-11)18-9-17(19-12(2)24-28-20(19)23-18)21(26)25-14-4-5-15(25)10-22-7-6-14;/h8-9,14-15,22H,4-7,10H2,1-3H3;1H. The van der Waals surface area contributed by atoms with E-state index in [1.54, 1.807) is 0 Å². The lowest BCUT2D eigenvalue weighted by Gasteiger charge is -2.28. The van der Waals surface area contributed by atoms with Gasteiger partial charge < -0.3 is 19.2 Å². The lowest BCUT2D eigenvalue weighted by Crippen LogP contribution is -2.42. The number of nitrogens with zero attached hydrogens (tertiary/aromatic N) is 3. The molecule has 5 heterocycles. The lowest BCUT2D eigenvalue weighted by molar-refractivity contribution is 0.0682. The van der Waals surface area contributed by atoms with Crippen molar-refractivity contribution in [3.05, 3.63) is 34.9 Å². The van der Waals surface area contributed by atoms with Gasteiger partial charge in [-0.1, -0.05) is 5.16 Å². The first kappa shape index (κ1) is 19.9. The van der Waals surface area contributed by atoms with Gasteiger partial charge in [-0.25, -0.2) is 4.98 Å². The number of fused-ring (bicyclic) bond motifs is 3. The normalized spacial score (nSPS) is 21.3. The maximum Gasteiger partial charge on any atom is 0.259 e. The molecule has 3 aromatic rings. The van der Waals surface area contributed by atoms with Crippen LogP contribution >= 0.6 is 12.4 Å². The van der Waals surface area contributed by atoms with E-state index in [2.05, 4.69) is 20.4 Å². The Hall–Kier alpha value is -2.38. The summed E-state index contributed by atoms with van der Waals surface area (Å²) in [6.45, 7) is 7.48. The quantitative estimate of drug-likeness (QED) is 0.684. The molecule has 5 rings (SSSR count). The first-order chi connectivity index (χ1) is 13.5. The molecule has 3 aromatic heterocycles. The smallest absolute Gasteiger partial charge is 0.259 e. The van der Waals surface area contributed by atoms with E-state index >= 15 is 0 Å². The Bertz CT molecular complexity index is 1060. The van der Waals surface area contributed by atoms with Gasteiger partial charge in [-0.2, -0.15) is 0 Å². The van der Waals surface area contributed by atoms with E-state index in [1.165, 1.54) is 0 Å². The van der Waals surface area contributed by atoms with Gasteiger partial charge in [0.15, 0.2) is 0 Å². The molecule has 0 aliphatic carbocycles. The minimum atomic E-state index is 0. The number of halogens is 1.